The minimum Gasteiger partial charge on any atom is -0.481 e. The second-order valence-electron chi connectivity index (χ2n) is 7.05. The second kappa shape index (κ2) is 6.56. The summed E-state index contributed by atoms with van der Waals surface area (Å²) in [4.78, 5) is 11.2. The van der Waals surface area contributed by atoms with Gasteiger partial charge in [0, 0.05) is 10.9 Å². The van der Waals surface area contributed by atoms with Gasteiger partial charge in [-0.05, 0) is 31.4 Å². The molecule has 0 amide bonds. The fourth-order valence-electron chi connectivity index (χ4n) is 3.85. The van der Waals surface area contributed by atoms with E-state index in [1.54, 1.807) is 13.0 Å². The van der Waals surface area contributed by atoms with Crippen LogP contribution in [0.4, 0.5) is 4.39 Å². The molecule has 3 aromatic rings. The number of benzene rings is 2. The number of rotatable bonds is 4. The Bertz CT molecular complexity index is 956. The topological polar surface area (TPSA) is 55.1 Å². The van der Waals surface area contributed by atoms with Crippen LogP contribution in [0.1, 0.15) is 50.1 Å². The lowest BCUT2D eigenvalue weighted by atomic mass is 9.98. The molecule has 5 heteroatoms. The molecule has 1 unspecified atom stereocenters. The van der Waals surface area contributed by atoms with E-state index in [2.05, 4.69) is 0 Å². The van der Waals surface area contributed by atoms with Crippen LogP contribution in [0.15, 0.2) is 42.5 Å². The van der Waals surface area contributed by atoms with Gasteiger partial charge in [0.25, 0.3) is 0 Å². The molecule has 1 saturated carbocycles. The van der Waals surface area contributed by atoms with Gasteiger partial charge in [-0.15, -0.1) is 0 Å². The summed E-state index contributed by atoms with van der Waals surface area (Å²) in [5, 5.41) is 14.7. The Kier molecular flexibility index (Phi) is 4.23. The first-order valence-corrected chi connectivity index (χ1v) is 9.06. The third-order valence-corrected chi connectivity index (χ3v) is 5.40. The fourth-order valence-corrected chi connectivity index (χ4v) is 3.85. The molecule has 1 N–H and O–H groups in total. The van der Waals surface area contributed by atoms with Crippen molar-refractivity contribution in [1.82, 2.24) is 9.78 Å². The van der Waals surface area contributed by atoms with Crippen LogP contribution in [-0.2, 0) is 4.79 Å². The molecule has 1 heterocycles. The van der Waals surface area contributed by atoms with Gasteiger partial charge in [-0.2, -0.15) is 5.10 Å². The summed E-state index contributed by atoms with van der Waals surface area (Å²) in [5.41, 5.74) is 2.93. The number of para-hydroxylation sites is 1. The van der Waals surface area contributed by atoms with Crippen LogP contribution < -0.4 is 0 Å². The van der Waals surface area contributed by atoms with E-state index in [0.717, 1.165) is 47.9 Å². The summed E-state index contributed by atoms with van der Waals surface area (Å²) in [6.07, 6.45) is 4.36. The van der Waals surface area contributed by atoms with Crippen molar-refractivity contribution in [2.24, 2.45) is 0 Å². The number of hydrogen-bond acceptors (Lipinski definition) is 2. The molecule has 0 aliphatic heterocycles. The van der Waals surface area contributed by atoms with Crippen molar-refractivity contribution < 1.29 is 14.3 Å². The Morgan fingerprint density at radius 1 is 1.19 bits per heavy atom. The number of fused-ring (bicyclic) bond motifs is 1. The van der Waals surface area contributed by atoms with Gasteiger partial charge < -0.3 is 5.11 Å². The maximum absolute atomic E-state index is 14.6. The van der Waals surface area contributed by atoms with Gasteiger partial charge in [0.2, 0.25) is 0 Å². The largest absolute Gasteiger partial charge is 0.481 e. The summed E-state index contributed by atoms with van der Waals surface area (Å²) in [7, 11) is 0. The number of halogens is 1. The van der Waals surface area contributed by atoms with Gasteiger partial charge in [-0.3, -0.25) is 9.48 Å². The van der Waals surface area contributed by atoms with Crippen molar-refractivity contribution >= 4 is 16.9 Å². The molecule has 1 fully saturated rings. The minimum atomic E-state index is -0.851. The molecule has 26 heavy (non-hydrogen) atoms. The number of aromatic nitrogens is 2. The van der Waals surface area contributed by atoms with Crippen LogP contribution in [0, 0.1) is 5.82 Å². The van der Waals surface area contributed by atoms with E-state index in [1.807, 2.05) is 35.0 Å². The molecule has 1 aliphatic rings. The molecular formula is C21H21FN2O2. The molecule has 0 bridgehead atoms. The van der Waals surface area contributed by atoms with Crippen LogP contribution in [0.5, 0.6) is 0 Å². The lowest BCUT2D eigenvalue weighted by molar-refractivity contribution is -0.138. The van der Waals surface area contributed by atoms with Crippen molar-refractivity contribution in [3.63, 3.8) is 0 Å². The third kappa shape index (κ3) is 2.77. The maximum atomic E-state index is 14.6. The zero-order chi connectivity index (χ0) is 18.3. The van der Waals surface area contributed by atoms with Crippen LogP contribution >= 0.6 is 0 Å². The highest BCUT2D eigenvalue weighted by Crippen LogP contribution is 2.36. The SMILES string of the molecule is CC(C(=O)O)c1ccc(-c2nn(C3CCCC3)c3c(F)cccc23)cc1. The molecule has 0 radical (unpaired) electrons. The normalized spacial score (nSPS) is 16.2. The van der Waals surface area contributed by atoms with Crippen LogP contribution in [0.2, 0.25) is 0 Å². The van der Waals surface area contributed by atoms with Crippen molar-refractivity contribution in [3.05, 3.63) is 53.8 Å². The van der Waals surface area contributed by atoms with E-state index < -0.39 is 11.9 Å². The molecule has 1 atom stereocenters. The monoisotopic (exact) mass is 352 g/mol. The lowest BCUT2D eigenvalue weighted by Crippen LogP contribution is -2.07. The molecular weight excluding hydrogens is 331 g/mol. The van der Waals surface area contributed by atoms with Crippen LogP contribution in [0.25, 0.3) is 22.2 Å². The molecule has 0 saturated heterocycles. The van der Waals surface area contributed by atoms with Crippen LogP contribution in [-0.4, -0.2) is 20.9 Å². The molecule has 1 aliphatic carbocycles. The van der Waals surface area contributed by atoms with Gasteiger partial charge in [-0.1, -0.05) is 49.2 Å². The van der Waals surface area contributed by atoms with Gasteiger partial charge in [-0.25, -0.2) is 4.39 Å². The molecule has 4 rings (SSSR count). The van der Waals surface area contributed by atoms with Gasteiger partial charge in [0.1, 0.15) is 17.0 Å². The molecule has 1 aromatic heterocycles. The number of carbonyl (C=O) groups is 1. The summed E-state index contributed by atoms with van der Waals surface area (Å²) in [6, 6.07) is 12.7. The lowest BCUT2D eigenvalue weighted by Gasteiger charge is -2.11. The average Bonchev–Trinajstić information content (AvgIpc) is 3.29. The highest BCUT2D eigenvalue weighted by Gasteiger charge is 2.24. The Balaban J connectivity index is 1.82. The Labute approximate surface area is 151 Å². The van der Waals surface area contributed by atoms with Crippen molar-refractivity contribution in [3.8, 4) is 11.3 Å². The zero-order valence-corrected chi connectivity index (χ0v) is 14.7. The summed E-state index contributed by atoms with van der Waals surface area (Å²) in [6.45, 7) is 1.66. The first kappa shape index (κ1) is 16.8. The van der Waals surface area contributed by atoms with E-state index in [-0.39, 0.29) is 11.9 Å². The number of carboxylic acids is 1. The van der Waals surface area contributed by atoms with Gasteiger partial charge in [0.05, 0.1) is 12.0 Å². The van der Waals surface area contributed by atoms with Crippen molar-refractivity contribution in [2.75, 3.05) is 0 Å². The van der Waals surface area contributed by atoms with Crippen molar-refractivity contribution in [1.29, 1.82) is 0 Å². The van der Waals surface area contributed by atoms with Gasteiger partial charge >= 0.3 is 5.97 Å². The van der Waals surface area contributed by atoms with Crippen molar-refractivity contribution in [2.45, 2.75) is 44.6 Å². The molecule has 2 aromatic carbocycles. The average molecular weight is 352 g/mol. The van der Waals surface area contributed by atoms with E-state index in [0.29, 0.717) is 5.52 Å². The Hall–Kier alpha value is -2.69. The standard InChI is InChI=1S/C21H21FN2O2/c1-13(21(25)26)14-9-11-15(12-10-14)19-17-7-4-8-18(22)20(17)24(23-19)16-5-2-3-6-16/h4,7-13,16H,2-3,5-6H2,1H3,(H,25,26). The highest BCUT2D eigenvalue weighted by atomic mass is 19.1. The zero-order valence-electron chi connectivity index (χ0n) is 14.7. The van der Waals surface area contributed by atoms with E-state index in [4.69, 9.17) is 10.2 Å². The predicted molar refractivity (Wildman–Crippen MR) is 98.7 cm³/mol. The van der Waals surface area contributed by atoms with E-state index >= 15 is 0 Å². The fraction of sp³-hybridized carbons (Fsp3) is 0.333. The second-order valence-corrected chi connectivity index (χ2v) is 7.05. The Morgan fingerprint density at radius 2 is 1.88 bits per heavy atom. The van der Waals surface area contributed by atoms with Crippen LogP contribution in [0.3, 0.4) is 0 Å². The number of nitrogens with zero attached hydrogens (tertiary/aromatic N) is 2. The summed E-state index contributed by atoms with van der Waals surface area (Å²) >= 11 is 0. The number of aliphatic carboxylic acids is 1. The van der Waals surface area contributed by atoms with E-state index in [1.165, 1.54) is 6.07 Å². The first-order valence-electron chi connectivity index (χ1n) is 9.06. The minimum absolute atomic E-state index is 0.245. The Morgan fingerprint density at radius 3 is 2.54 bits per heavy atom. The summed E-state index contributed by atoms with van der Waals surface area (Å²) in [5.74, 6) is -1.66. The smallest absolute Gasteiger partial charge is 0.310 e. The number of carboxylic acid groups (broad SMARTS) is 1. The summed E-state index contributed by atoms with van der Waals surface area (Å²) < 4.78 is 16.4. The third-order valence-electron chi connectivity index (χ3n) is 5.40. The van der Waals surface area contributed by atoms with E-state index in [9.17, 15) is 9.18 Å². The molecule has 134 valence electrons. The molecule has 4 nitrogen and oxygen atoms in total. The predicted octanol–water partition coefficient (Wildman–Crippen LogP) is 5.15. The number of hydrogen-bond donors (Lipinski definition) is 1. The quantitative estimate of drug-likeness (QED) is 0.707. The molecule has 0 spiro atoms. The van der Waals surface area contributed by atoms with Gasteiger partial charge in [0.15, 0.2) is 0 Å². The maximum Gasteiger partial charge on any atom is 0.310 e. The first-order chi connectivity index (χ1) is 12.6. The highest BCUT2D eigenvalue weighted by molar-refractivity contribution is 5.93.